The first-order chi connectivity index (χ1) is 6.23. The molecule has 0 saturated heterocycles. The molecule has 1 heterocycles. The van der Waals surface area contributed by atoms with E-state index in [1.807, 2.05) is 11.6 Å². The lowest BCUT2D eigenvalue weighted by atomic mass is 9.96. The van der Waals surface area contributed by atoms with E-state index in [2.05, 4.69) is 10.1 Å². The average Bonchev–Trinajstić information content (AvgIpc) is 2.73. The third-order valence-corrected chi connectivity index (χ3v) is 3.08. The molecule has 4 heteroatoms. The summed E-state index contributed by atoms with van der Waals surface area (Å²) in [6, 6.07) is 0. The fraction of sp³-hybridized carbons (Fsp3) is 0.778. The Labute approximate surface area is 77.6 Å². The molecule has 1 unspecified atom stereocenters. The Kier molecular flexibility index (Phi) is 2.07. The van der Waals surface area contributed by atoms with Crippen LogP contribution in [0.15, 0.2) is 12.7 Å². The number of hydrogen-bond acceptors (Lipinski definition) is 3. The second-order valence-corrected chi connectivity index (χ2v) is 3.95. The second kappa shape index (κ2) is 3.10. The highest BCUT2D eigenvalue weighted by atomic mass is 16.3. The molecule has 0 bridgehead atoms. The highest BCUT2D eigenvalue weighted by molar-refractivity contribution is 4.96. The Morgan fingerprint density at radius 3 is 2.85 bits per heavy atom. The van der Waals surface area contributed by atoms with Crippen molar-refractivity contribution in [3.8, 4) is 0 Å². The normalized spacial score (nSPS) is 21.4. The van der Waals surface area contributed by atoms with E-state index in [0.29, 0.717) is 0 Å². The van der Waals surface area contributed by atoms with Crippen molar-refractivity contribution < 1.29 is 5.11 Å². The van der Waals surface area contributed by atoms with Crippen molar-refractivity contribution in [2.45, 2.75) is 38.8 Å². The third kappa shape index (κ3) is 1.72. The number of aryl methyl sites for hydroxylation is 1. The fourth-order valence-electron chi connectivity index (χ4n) is 1.72. The van der Waals surface area contributed by atoms with Gasteiger partial charge in [-0.15, -0.1) is 0 Å². The van der Waals surface area contributed by atoms with Crippen LogP contribution >= 0.6 is 0 Å². The van der Waals surface area contributed by atoms with Gasteiger partial charge in [0.2, 0.25) is 0 Å². The van der Waals surface area contributed by atoms with Crippen molar-refractivity contribution in [1.82, 2.24) is 14.8 Å². The zero-order chi connectivity index (χ0) is 9.31. The number of aliphatic hydroxyl groups excluding tert-OH is 1. The zero-order valence-corrected chi connectivity index (χ0v) is 7.85. The number of aromatic nitrogens is 3. The number of aliphatic hydroxyl groups is 1. The summed E-state index contributed by atoms with van der Waals surface area (Å²) in [4.78, 5) is 3.88. The molecular formula is C9H15N3O. The lowest BCUT2D eigenvalue weighted by Gasteiger charge is -2.17. The molecule has 1 aliphatic carbocycles. The first-order valence-corrected chi connectivity index (χ1v) is 4.73. The maximum absolute atomic E-state index is 9.53. The minimum absolute atomic E-state index is 0.184. The van der Waals surface area contributed by atoms with Crippen molar-refractivity contribution >= 4 is 0 Å². The van der Waals surface area contributed by atoms with Gasteiger partial charge in [-0.3, -0.25) is 4.68 Å². The molecule has 72 valence electrons. The Hall–Kier alpha value is -0.900. The van der Waals surface area contributed by atoms with E-state index in [-0.39, 0.29) is 11.5 Å². The van der Waals surface area contributed by atoms with Crippen molar-refractivity contribution in [2.75, 3.05) is 0 Å². The summed E-state index contributed by atoms with van der Waals surface area (Å²) in [7, 11) is 0. The van der Waals surface area contributed by atoms with E-state index < -0.39 is 0 Å². The van der Waals surface area contributed by atoms with Gasteiger partial charge >= 0.3 is 0 Å². The molecule has 1 aromatic rings. The monoisotopic (exact) mass is 181 g/mol. The van der Waals surface area contributed by atoms with Gasteiger partial charge in [0.1, 0.15) is 12.7 Å². The molecule has 13 heavy (non-hydrogen) atoms. The minimum atomic E-state index is -0.184. The van der Waals surface area contributed by atoms with Crippen molar-refractivity contribution in [3.63, 3.8) is 0 Å². The van der Waals surface area contributed by atoms with Gasteiger partial charge < -0.3 is 5.11 Å². The van der Waals surface area contributed by atoms with Crippen LogP contribution in [0.5, 0.6) is 0 Å². The predicted octanol–water partition coefficient (Wildman–Crippen LogP) is 0.829. The molecule has 1 saturated carbocycles. The van der Waals surface area contributed by atoms with E-state index in [1.54, 1.807) is 12.7 Å². The summed E-state index contributed by atoms with van der Waals surface area (Å²) in [5.74, 6) is 0. The number of nitrogens with zero attached hydrogens (tertiary/aromatic N) is 3. The lowest BCUT2D eigenvalue weighted by Crippen LogP contribution is -2.20. The first kappa shape index (κ1) is 8.69. The van der Waals surface area contributed by atoms with Crippen LogP contribution in [0.4, 0.5) is 0 Å². The number of rotatable bonds is 4. The largest absolute Gasteiger partial charge is 0.393 e. The van der Waals surface area contributed by atoms with Crippen molar-refractivity contribution in [1.29, 1.82) is 0 Å². The highest BCUT2D eigenvalue weighted by Crippen LogP contribution is 2.51. The summed E-state index contributed by atoms with van der Waals surface area (Å²) in [5.41, 5.74) is 0.186. The smallest absolute Gasteiger partial charge is 0.137 e. The maximum Gasteiger partial charge on any atom is 0.137 e. The van der Waals surface area contributed by atoms with Crippen LogP contribution < -0.4 is 0 Å². The third-order valence-electron chi connectivity index (χ3n) is 3.08. The molecule has 0 aliphatic heterocycles. The molecule has 0 amide bonds. The molecule has 1 N–H and O–H groups in total. The van der Waals surface area contributed by atoms with Gasteiger partial charge in [0.15, 0.2) is 0 Å². The molecule has 1 fully saturated rings. The van der Waals surface area contributed by atoms with Crippen LogP contribution in [0, 0.1) is 5.41 Å². The summed E-state index contributed by atoms with van der Waals surface area (Å²) in [5, 5.41) is 13.6. The van der Waals surface area contributed by atoms with Gasteiger partial charge in [0.25, 0.3) is 0 Å². The summed E-state index contributed by atoms with van der Waals surface area (Å²) < 4.78 is 1.82. The standard InChI is InChI=1S/C9H15N3O/c1-8(13)9(2-3-9)4-5-12-7-10-6-11-12/h6-8,13H,2-5H2,1H3. The molecule has 0 spiro atoms. The molecule has 2 rings (SSSR count). The Morgan fingerprint density at radius 1 is 1.62 bits per heavy atom. The Bertz CT molecular complexity index is 264. The molecule has 4 nitrogen and oxygen atoms in total. The second-order valence-electron chi connectivity index (χ2n) is 3.95. The molecule has 0 aromatic carbocycles. The van der Waals surface area contributed by atoms with E-state index in [4.69, 9.17) is 0 Å². The summed E-state index contributed by atoms with van der Waals surface area (Å²) >= 11 is 0. The fourth-order valence-corrected chi connectivity index (χ4v) is 1.72. The maximum atomic E-state index is 9.53. The quantitative estimate of drug-likeness (QED) is 0.748. The molecular weight excluding hydrogens is 166 g/mol. The van der Waals surface area contributed by atoms with Gasteiger partial charge in [0.05, 0.1) is 6.10 Å². The van der Waals surface area contributed by atoms with Crippen LogP contribution in [0.25, 0.3) is 0 Å². The van der Waals surface area contributed by atoms with Gasteiger partial charge in [-0.2, -0.15) is 5.10 Å². The van der Waals surface area contributed by atoms with Crippen LogP contribution in [-0.4, -0.2) is 26.0 Å². The Morgan fingerprint density at radius 2 is 2.38 bits per heavy atom. The van der Waals surface area contributed by atoms with E-state index >= 15 is 0 Å². The molecule has 1 aliphatic rings. The molecule has 1 aromatic heterocycles. The zero-order valence-electron chi connectivity index (χ0n) is 7.85. The van der Waals surface area contributed by atoms with Gasteiger partial charge in [-0.05, 0) is 31.6 Å². The van der Waals surface area contributed by atoms with Crippen LogP contribution in [0.1, 0.15) is 26.2 Å². The van der Waals surface area contributed by atoms with E-state index in [1.165, 1.54) is 0 Å². The van der Waals surface area contributed by atoms with Crippen LogP contribution in [0.3, 0.4) is 0 Å². The average molecular weight is 181 g/mol. The van der Waals surface area contributed by atoms with Gasteiger partial charge in [-0.25, -0.2) is 4.98 Å². The first-order valence-electron chi connectivity index (χ1n) is 4.73. The SMILES string of the molecule is CC(O)C1(CCn2cncn2)CC1. The lowest BCUT2D eigenvalue weighted by molar-refractivity contribution is 0.101. The summed E-state index contributed by atoms with van der Waals surface area (Å²) in [6.07, 6.45) is 6.39. The van der Waals surface area contributed by atoms with Crippen molar-refractivity contribution in [2.24, 2.45) is 5.41 Å². The highest BCUT2D eigenvalue weighted by Gasteiger charge is 2.46. The van der Waals surface area contributed by atoms with Crippen molar-refractivity contribution in [3.05, 3.63) is 12.7 Å². The van der Waals surface area contributed by atoms with Crippen LogP contribution in [0.2, 0.25) is 0 Å². The van der Waals surface area contributed by atoms with Crippen LogP contribution in [-0.2, 0) is 6.54 Å². The minimum Gasteiger partial charge on any atom is -0.393 e. The molecule has 0 radical (unpaired) electrons. The Balaban J connectivity index is 1.86. The molecule has 1 atom stereocenters. The van der Waals surface area contributed by atoms with Gasteiger partial charge in [-0.1, -0.05) is 0 Å². The summed E-state index contributed by atoms with van der Waals surface area (Å²) in [6.45, 7) is 2.75. The van der Waals surface area contributed by atoms with E-state index in [0.717, 1.165) is 25.8 Å². The van der Waals surface area contributed by atoms with E-state index in [9.17, 15) is 5.11 Å². The van der Waals surface area contributed by atoms with Gasteiger partial charge in [0, 0.05) is 6.54 Å². The number of hydrogen-bond donors (Lipinski definition) is 1. The topological polar surface area (TPSA) is 50.9 Å². The predicted molar refractivity (Wildman–Crippen MR) is 48.0 cm³/mol.